The van der Waals surface area contributed by atoms with Gasteiger partial charge in [0.25, 0.3) is 0 Å². The van der Waals surface area contributed by atoms with Crippen molar-refractivity contribution in [2.75, 3.05) is 25.0 Å². The van der Waals surface area contributed by atoms with Gasteiger partial charge in [0.2, 0.25) is 5.91 Å². The van der Waals surface area contributed by atoms with E-state index >= 15 is 0 Å². The number of nitrogens with one attached hydrogen (secondary N) is 1. The number of hydrogen-bond donors (Lipinski definition) is 2. The van der Waals surface area contributed by atoms with E-state index in [1.54, 1.807) is 0 Å². The molecule has 3 rings (SSSR count). The maximum atomic E-state index is 12.6. The lowest BCUT2D eigenvalue weighted by Gasteiger charge is -2.23. The largest absolute Gasteiger partial charge is 0.481 e. The van der Waals surface area contributed by atoms with E-state index in [0.717, 1.165) is 55.5 Å². The van der Waals surface area contributed by atoms with E-state index in [2.05, 4.69) is 31.3 Å². The summed E-state index contributed by atoms with van der Waals surface area (Å²) < 4.78 is 0. The summed E-state index contributed by atoms with van der Waals surface area (Å²) in [7, 11) is 0. The van der Waals surface area contributed by atoms with Crippen molar-refractivity contribution < 1.29 is 14.7 Å². The molecule has 1 aromatic rings. The summed E-state index contributed by atoms with van der Waals surface area (Å²) in [6.07, 6.45) is 4.43. The second kappa shape index (κ2) is 8.40. The number of hydrogen-bond acceptors (Lipinski definition) is 3. The Hall–Kier alpha value is -1.59. The number of carboxylic acid groups (broad SMARTS) is 1. The SMILES string of the molecule is CCc1cccc(CC)c1NC(=O)CN1C[C@@H]2CCC[C@@]2(C(=O)O)C1.Cl. The third-order valence-corrected chi connectivity index (χ3v) is 6.00. The number of para-hydroxylation sites is 1. The molecule has 0 unspecified atom stereocenters. The zero-order chi connectivity index (χ0) is 18.0. The van der Waals surface area contributed by atoms with Crippen molar-refractivity contribution in [3.8, 4) is 0 Å². The van der Waals surface area contributed by atoms with E-state index in [4.69, 9.17) is 0 Å². The van der Waals surface area contributed by atoms with Crippen molar-refractivity contribution in [3.63, 3.8) is 0 Å². The van der Waals surface area contributed by atoms with E-state index in [-0.39, 0.29) is 30.8 Å². The maximum absolute atomic E-state index is 12.6. The minimum absolute atomic E-state index is 0. The Morgan fingerprint density at radius 2 is 1.92 bits per heavy atom. The van der Waals surface area contributed by atoms with Gasteiger partial charge in [0, 0.05) is 18.8 Å². The van der Waals surface area contributed by atoms with Gasteiger partial charge < -0.3 is 10.4 Å². The van der Waals surface area contributed by atoms with Gasteiger partial charge in [-0.15, -0.1) is 12.4 Å². The Labute approximate surface area is 161 Å². The first-order chi connectivity index (χ1) is 12.0. The standard InChI is InChI=1S/C20H28N2O3.ClH/c1-3-14-7-5-8-15(4-2)18(14)21-17(23)12-22-11-16-9-6-10-20(16,13-22)19(24)25;/h5,7-8,16H,3-4,6,9-13H2,1-2H3,(H,21,23)(H,24,25);1H/t16-,20+;/m0./s1. The van der Waals surface area contributed by atoms with Gasteiger partial charge in [-0.1, -0.05) is 38.5 Å². The van der Waals surface area contributed by atoms with Crippen LogP contribution in [0.15, 0.2) is 18.2 Å². The third kappa shape index (κ3) is 3.74. The van der Waals surface area contributed by atoms with E-state index in [0.29, 0.717) is 6.54 Å². The number of fused-ring (bicyclic) bond motifs is 1. The minimum Gasteiger partial charge on any atom is -0.481 e. The summed E-state index contributed by atoms with van der Waals surface area (Å²) in [5.41, 5.74) is 2.60. The first-order valence-corrected chi connectivity index (χ1v) is 9.36. The molecule has 1 saturated carbocycles. The van der Waals surface area contributed by atoms with Crippen molar-refractivity contribution in [3.05, 3.63) is 29.3 Å². The molecule has 1 heterocycles. The summed E-state index contributed by atoms with van der Waals surface area (Å²) in [6, 6.07) is 6.13. The number of aryl methyl sites for hydroxylation is 2. The molecular formula is C20H29ClN2O3. The highest BCUT2D eigenvalue weighted by atomic mass is 35.5. The van der Waals surface area contributed by atoms with Gasteiger partial charge in [0.05, 0.1) is 12.0 Å². The molecule has 2 atom stereocenters. The molecule has 1 saturated heterocycles. The first-order valence-electron chi connectivity index (χ1n) is 9.36. The van der Waals surface area contributed by atoms with Crippen LogP contribution in [0.25, 0.3) is 0 Å². The molecule has 5 nitrogen and oxygen atoms in total. The van der Waals surface area contributed by atoms with Gasteiger partial charge >= 0.3 is 5.97 Å². The van der Waals surface area contributed by atoms with E-state index in [1.165, 1.54) is 0 Å². The molecule has 6 heteroatoms. The molecule has 2 aliphatic rings. The number of nitrogens with zero attached hydrogens (tertiary/aromatic N) is 1. The molecule has 1 amide bonds. The number of aliphatic carboxylic acids is 1. The number of benzene rings is 1. The maximum Gasteiger partial charge on any atom is 0.311 e. The smallest absolute Gasteiger partial charge is 0.311 e. The van der Waals surface area contributed by atoms with E-state index in [1.807, 2.05) is 11.0 Å². The first kappa shape index (κ1) is 20.7. The molecule has 1 aliphatic carbocycles. The lowest BCUT2D eigenvalue weighted by atomic mass is 9.81. The summed E-state index contributed by atoms with van der Waals surface area (Å²) >= 11 is 0. The molecule has 0 aromatic heterocycles. The quantitative estimate of drug-likeness (QED) is 0.793. The number of anilines is 1. The predicted molar refractivity (Wildman–Crippen MR) is 105 cm³/mol. The van der Waals surface area contributed by atoms with Crippen LogP contribution in [0, 0.1) is 11.3 Å². The van der Waals surface area contributed by atoms with Gasteiger partial charge in [-0.3, -0.25) is 14.5 Å². The van der Waals surface area contributed by atoms with Gasteiger partial charge in [0.1, 0.15) is 0 Å². The third-order valence-electron chi connectivity index (χ3n) is 6.00. The molecule has 0 bridgehead atoms. The number of amides is 1. The Morgan fingerprint density at radius 3 is 2.46 bits per heavy atom. The van der Waals surface area contributed by atoms with E-state index < -0.39 is 11.4 Å². The average Bonchev–Trinajstić information content (AvgIpc) is 3.12. The number of carbonyl (C=O) groups excluding carboxylic acids is 1. The minimum atomic E-state index is -0.692. The van der Waals surface area contributed by atoms with Gasteiger partial charge in [-0.05, 0) is 42.7 Å². The summed E-state index contributed by atoms with van der Waals surface area (Å²) in [6.45, 7) is 5.66. The van der Waals surface area contributed by atoms with Crippen LogP contribution >= 0.6 is 12.4 Å². The molecule has 0 spiro atoms. The van der Waals surface area contributed by atoms with Crippen LogP contribution in [0.3, 0.4) is 0 Å². The molecule has 1 aliphatic heterocycles. The van der Waals surface area contributed by atoms with Crippen LogP contribution in [-0.2, 0) is 22.4 Å². The number of halogens is 1. The highest BCUT2D eigenvalue weighted by Gasteiger charge is 2.54. The molecule has 1 aromatic carbocycles. The number of carboxylic acids is 1. The summed E-state index contributed by atoms with van der Waals surface area (Å²) in [4.78, 5) is 26.4. The van der Waals surface area contributed by atoms with Crippen molar-refractivity contribution in [1.82, 2.24) is 4.90 Å². The van der Waals surface area contributed by atoms with Crippen molar-refractivity contribution >= 4 is 30.0 Å². The van der Waals surface area contributed by atoms with Crippen molar-refractivity contribution in [2.24, 2.45) is 11.3 Å². The fourth-order valence-electron chi connectivity index (χ4n) is 4.65. The van der Waals surface area contributed by atoms with Crippen LogP contribution in [0.4, 0.5) is 5.69 Å². The summed E-state index contributed by atoms with van der Waals surface area (Å²) in [5.74, 6) is -0.550. The highest BCUT2D eigenvalue weighted by Crippen LogP contribution is 2.48. The molecule has 2 N–H and O–H groups in total. The fraction of sp³-hybridized carbons (Fsp3) is 0.600. The van der Waals surface area contributed by atoms with Gasteiger partial charge in [0.15, 0.2) is 0 Å². The van der Waals surface area contributed by atoms with E-state index in [9.17, 15) is 14.7 Å². The molecule has 0 radical (unpaired) electrons. The Morgan fingerprint density at radius 1 is 1.27 bits per heavy atom. The monoisotopic (exact) mass is 380 g/mol. The summed E-state index contributed by atoms with van der Waals surface area (Å²) in [5, 5.41) is 12.8. The second-order valence-electron chi connectivity index (χ2n) is 7.43. The molecule has 2 fully saturated rings. The second-order valence-corrected chi connectivity index (χ2v) is 7.43. The number of carbonyl (C=O) groups is 2. The molecule has 144 valence electrons. The van der Waals surface area contributed by atoms with Crippen LogP contribution in [0.2, 0.25) is 0 Å². The Balaban J connectivity index is 0.00000243. The lowest BCUT2D eigenvalue weighted by molar-refractivity contribution is -0.149. The van der Waals surface area contributed by atoms with Crippen LogP contribution in [0.1, 0.15) is 44.2 Å². The zero-order valence-electron chi connectivity index (χ0n) is 15.6. The predicted octanol–water partition coefficient (Wildman–Crippen LogP) is 3.36. The lowest BCUT2D eigenvalue weighted by Crippen LogP contribution is -2.37. The van der Waals surface area contributed by atoms with Gasteiger partial charge in [-0.2, -0.15) is 0 Å². The zero-order valence-corrected chi connectivity index (χ0v) is 16.4. The average molecular weight is 381 g/mol. The Bertz CT molecular complexity index is 657. The van der Waals surface area contributed by atoms with Crippen LogP contribution in [-0.4, -0.2) is 41.5 Å². The van der Waals surface area contributed by atoms with Crippen LogP contribution in [0.5, 0.6) is 0 Å². The topological polar surface area (TPSA) is 69.6 Å². The highest BCUT2D eigenvalue weighted by molar-refractivity contribution is 5.94. The Kier molecular flexibility index (Phi) is 6.69. The number of rotatable bonds is 6. The van der Waals surface area contributed by atoms with Crippen LogP contribution < -0.4 is 5.32 Å². The number of likely N-dealkylation sites (tertiary alicyclic amines) is 1. The molecule has 26 heavy (non-hydrogen) atoms. The van der Waals surface area contributed by atoms with Crippen molar-refractivity contribution in [1.29, 1.82) is 0 Å². The fourth-order valence-corrected chi connectivity index (χ4v) is 4.65. The van der Waals surface area contributed by atoms with Gasteiger partial charge in [-0.25, -0.2) is 0 Å². The normalized spacial score (nSPS) is 24.8. The molecular weight excluding hydrogens is 352 g/mol. The van der Waals surface area contributed by atoms with Crippen molar-refractivity contribution in [2.45, 2.75) is 46.0 Å².